The van der Waals surface area contributed by atoms with E-state index in [-0.39, 0.29) is 122 Å². The standard InChI is InChI=1S/C66H71F4N11O13/c67-65(68)17-23-80(43-65)57(82)37-73-63(91)51-15-19-71-55-13-7-47(35-53(51)55)45-3-9-49(10-4-45)93-33-1-21-79(59(84)39-75-25-27-76(40-60(85)86)29-31-78(42-62(89)90)32-30-77(28-26-75)41-61(87)88)22-2-34-94-50-11-5-46(6-12-50)48-8-14-56-54(36-48)52(16-20-72-56)64(92)74-38-58(83)81-24-18-66(69,70)44-81/h3-16,19-20,27-28,35-36H,1-2,17-18,21-26,29-34,37-44H2,(H3-2,73,74,85,86,87,88,89,90,91,92)/p+2. The number of pyridine rings is 2. The van der Waals surface area contributed by atoms with Crippen LogP contribution < -0.4 is 20.1 Å². The van der Waals surface area contributed by atoms with Crippen molar-refractivity contribution in [3.8, 4) is 33.8 Å². The van der Waals surface area contributed by atoms with Crippen LogP contribution in [0.2, 0.25) is 0 Å². The first kappa shape index (κ1) is 68.4. The molecule has 0 bridgehead atoms. The molecule has 3 aliphatic rings. The number of hydrogen-bond acceptors (Lipinski definition) is 14. The van der Waals surface area contributed by atoms with E-state index in [1.165, 1.54) is 24.5 Å². The van der Waals surface area contributed by atoms with E-state index in [1.54, 1.807) is 84.8 Å². The Morgan fingerprint density at radius 2 is 0.957 bits per heavy atom. The van der Waals surface area contributed by atoms with Crippen molar-refractivity contribution in [2.45, 2.75) is 37.5 Å². The highest BCUT2D eigenvalue weighted by molar-refractivity contribution is 6.09. The Bertz CT molecular complexity index is 3610. The number of amides is 5. The number of carbonyl (C=O) groups is 8. The molecule has 0 radical (unpaired) electrons. The average molecular weight is 1300 g/mol. The molecule has 2 fully saturated rings. The lowest BCUT2D eigenvalue weighted by molar-refractivity contribution is -0.521. The zero-order valence-corrected chi connectivity index (χ0v) is 51.5. The number of carboxylic acids is 3. The molecule has 0 atom stereocenters. The second kappa shape index (κ2) is 31.6. The molecular weight excluding hydrogens is 1230 g/mol. The van der Waals surface area contributed by atoms with E-state index in [0.29, 0.717) is 46.1 Å². The first-order valence-electron chi connectivity index (χ1n) is 30.7. The van der Waals surface area contributed by atoms with Gasteiger partial charge in [0.2, 0.25) is 30.8 Å². The molecule has 5 amide bonds. The second-order valence-corrected chi connectivity index (χ2v) is 23.2. The summed E-state index contributed by atoms with van der Waals surface area (Å²) in [5.74, 6) is -10.8. The number of aliphatic carboxylic acids is 3. The summed E-state index contributed by atoms with van der Waals surface area (Å²) in [6.07, 6.45) is 6.12. The molecule has 2 aromatic heterocycles. The predicted molar refractivity (Wildman–Crippen MR) is 336 cm³/mol. The van der Waals surface area contributed by atoms with Gasteiger partial charge in [0.25, 0.3) is 23.7 Å². The number of halogens is 4. The molecular formula is C66H73F4N11O13+2. The van der Waals surface area contributed by atoms with Crippen molar-refractivity contribution in [3.63, 3.8) is 0 Å². The summed E-state index contributed by atoms with van der Waals surface area (Å²) in [6.45, 7) is -2.03. The minimum absolute atomic E-state index is 0.0871. The van der Waals surface area contributed by atoms with Gasteiger partial charge in [-0.3, -0.25) is 48.5 Å². The van der Waals surface area contributed by atoms with Gasteiger partial charge in [-0.05, 0) is 95.8 Å². The summed E-state index contributed by atoms with van der Waals surface area (Å²) in [4.78, 5) is 118. The lowest BCUT2D eigenvalue weighted by Gasteiger charge is -2.26. The van der Waals surface area contributed by atoms with E-state index in [4.69, 9.17) is 9.47 Å². The molecule has 0 aliphatic carbocycles. The number of carbonyl (C=O) groups excluding carboxylic acids is 5. The highest BCUT2D eigenvalue weighted by atomic mass is 19.3. The number of alkyl halides is 4. The van der Waals surface area contributed by atoms with Crippen molar-refractivity contribution in [3.05, 3.63) is 121 Å². The number of rotatable bonds is 26. The van der Waals surface area contributed by atoms with Crippen molar-refractivity contribution in [1.82, 2.24) is 45.1 Å². The van der Waals surface area contributed by atoms with E-state index in [1.807, 2.05) is 36.4 Å². The highest BCUT2D eigenvalue weighted by Crippen LogP contribution is 2.31. The van der Waals surface area contributed by atoms with Crippen molar-refractivity contribution in [2.24, 2.45) is 0 Å². The molecule has 6 aromatic rings. The third kappa shape index (κ3) is 19.5. The molecule has 94 heavy (non-hydrogen) atoms. The lowest BCUT2D eigenvalue weighted by atomic mass is 10.0. The van der Waals surface area contributed by atoms with Crippen LogP contribution in [0.15, 0.2) is 109 Å². The maximum atomic E-state index is 14.5. The number of carboxylic acid groups (broad SMARTS) is 3. The number of benzene rings is 4. The van der Waals surface area contributed by atoms with Crippen LogP contribution in [0.1, 0.15) is 46.4 Å². The molecule has 0 unspecified atom stereocenters. The fourth-order valence-corrected chi connectivity index (χ4v) is 11.2. The number of nitrogens with one attached hydrogen (secondary N) is 2. The van der Waals surface area contributed by atoms with Crippen LogP contribution in [0.25, 0.3) is 44.1 Å². The summed E-state index contributed by atoms with van der Waals surface area (Å²) in [6, 6.07) is 28.3. The number of likely N-dealkylation sites (tertiary alicyclic amines) is 2. The minimum Gasteiger partial charge on any atom is -0.494 e. The molecule has 9 rings (SSSR count). The van der Waals surface area contributed by atoms with Crippen LogP contribution in [0.3, 0.4) is 0 Å². The van der Waals surface area contributed by atoms with Gasteiger partial charge in [-0.2, -0.15) is 0 Å². The minimum atomic E-state index is -2.96. The normalized spacial score (nSPS) is 16.1. The van der Waals surface area contributed by atoms with Crippen LogP contribution >= 0.6 is 0 Å². The third-order valence-corrected chi connectivity index (χ3v) is 16.2. The number of ether oxygens (including phenoxy) is 2. The topological polar surface area (TPSA) is 288 Å². The van der Waals surface area contributed by atoms with Gasteiger partial charge >= 0.3 is 17.9 Å². The van der Waals surface area contributed by atoms with Crippen LogP contribution in [-0.2, 0) is 28.8 Å². The van der Waals surface area contributed by atoms with Gasteiger partial charge in [-0.1, -0.05) is 36.4 Å². The monoisotopic (exact) mass is 1300 g/mol. The Hall–Kier alpha value is -9.96. The Balaban J connectivity index is 0.849. The molecule has 0 spiro atoms. The maximum absolute atomic E-state index is 14.5. The first-order chi connectivity index (χ1) is 45.0. The maximum Gasteiger partial charge on any atom is 0.369 e. The molecule has 2 saturated heterocycles. The molecule has 3 aliphatic heterocycles. The van der Waals surface area contributed by atoms with Crippen molar-refractivity contribution < 1.29 is 89.9 Å². The van der Waals surface area contributed by atoms with Gasteiger partial charge in [0.05, 0.1) is 101 Å². The van der Waals surface area contributed by atoms with E-state index in [2.05, 4.69) is 20.6 Å². The molecule has 5 N–H and O–H groups in total. The molecule has 28 heteroatoms. The summed E-state index contributed by atoms with van der Waals surface area (Å²) >= 11 is 0. The van der Waals surface area contributed by atoms with Crippen LogP contribution in [-0.4, -0.2) is 262 Å². The largest absolute Gasteiger partial charge is 0.494 e. The average Bonchev–Trinajstić information content (AvgIpc) is 1.16. The zero-order chi connectivity index (χ0) is 66.9. The lowest BCUT2D eigenvalue weighted by Crippen LogP contribution is -2.45. The highest BCUT2D eigenvalue weighted by Gasteiger charge is 2.41. The number of nitrogens with zero attached hydrogens (tertiary/aromatic N) is 9. The van der Waals surface area contributed by atoms with Gasteiger partial charge < -0.3 is 50.1 Å². The van der Waals surface area contributed by atoms with Gasteiger partial charge in [0.15, 0.2) is 25.5 Å². The molecule has 5 heterocycles. The Labute approximate surface area is 537 Å². The summed E-state index contributed by atoms with van der Waals surface area (Å²) in [5.41, 5.74) is 4.60. The fourth-order valence-electron chi connectivity index (χ4n) is 11.2. The Morgan fingerprint density at radius 1 is 0.532 bits per heavy atom. The van der Waals surface area contributed by atoms with Gasteiger partial charge in [-0.15, -0.1) is 0 Å². The number of hydrogen-bond donors (Lipinski definition) is 5. The first-order valence-corrected chi connectivity index (χ1v) is 30.7. The van der Waals surface area contributed by atoms with Crippen molar-refractivity contribution in [1.29, 1.82) is 0 Å². The van der Waals surface area contributed by atoms with Crippen molar-refractivity contribution in [2.75, 3.05) is 131 Å². The zero-order valence-electron chi connectivity index (χ0n) is 51.5. The van der Waals surface area contributed by atoms with Gasteiger partial charge in [-0.25, -0.2) is 36.3 Å². The van der Waals surface area contributed by atoms with Crippen LogP contribution in [0.4, 0.5) is 17.6 Å². The van der Waals surface area contributed by atoms with E-state index in [0.717, 1.165) is 32.1 Å². The summed E-state index contributed by atoms with van der Waals surface area (Å²) in [7, 11) is 0. The summed E-state index contributed by atoms with van der Waals surface area (Å²) in [5, 5.41) is 35.2. The smallest absolute Gasteiger partial charge is 0.369 e. The SMILES string of the molecule is O=C(O)CN1CC[N+](CC(=O)O)=CCN(CC(=O)N(CCCOc2ccc(-c3ccc4nccc(C(=O)NCC(=O)N5CCC(F)(F)C5)c4c3)cc2)CCCOc2ccc(-c3ccc4nccc(C(=O)NCC(=O)N5CCC(F)(F)C5)c4c3)cc2)CC=[N+](CC(=O)O)CC1. The number of aromatic nitrogens is 2. The quantitative estimate of drug-likeness (QED) is 0.0285. The van der Waals surface area contributed by atoms with E-state index >= 15 is 0 Å². The molecule has 496 valence electrons. The van der Waals surface area contributed by atoms with Crippen LogP contribution in [0.5, 0.6) is 11.5 Å². The molecule has 4 aromatic carbocycles. The Kier molecular flexibility index (Phi) is 23.0. The third-order valence-electron chi connectivity index (χ3n) is 16.2. The van der Waals surface area contributed by atoms with Crippen LogP contribution in [0, 0.1) is 0 Å². The van der Waals surface area contributed by atoms with Gasteiger partial charge in [0, 0.05) is 62.2 Å². The van der Waals surface area contributed by atoms with Crippen molar-refractivity contribution >= 4 is 81.7 Å². The van der Waals surface area contributed by atoms with Gasteiger partial charge in [0.1, 0.15) is 11.5 Å². The predicted octanol–water partition coefficient (Wildman–Crippen LogP) is 4.42. The van der Waals surface area contributed by atoms with E-state index < -0.39 is 92.4 Å². The molecule has 24 nitrogen and oxygen atoms in total. The molecule has 0 saturated carbocycles. The Morgan fingerprint density at radius 3 is 1.35 bits per heavy atom. The fraction of sp³-hybridized carbons (Fsp3) is 0.394. The second-order valence-electron chi connectivity index (χ2n) is 23.2. The summed E-state index contributed by atoms with van der Waals surface area (Å²) < 4.78 is 70.4. The number of fused-ring (bicyclic) bond motifs is 2. The van der Waals surface area contributed by atoms with E-state index in [9.17, 15) is 71.2 Å².